The van der Waals surface area contributed by atoms with Gasteiger partial charge in [-0.1, -0.05) is 36.4 Å². The first-order valence-corrected chi connectivity index (χ1v) is 22.8. The van der Waals surface area contributed by atoms with E-state index in [1.807, 2.05) is 0 Å². The van der Waals surface area contributed by atoms with Gasteiger partial charge in [0, 0.05) is 0 Å². The van der Waals surface area contributed by atoms with E-state index in [9.17, 15) is 51.1 Å². The Bertz CT molecular complexity index is 2020. The summed E-state index contributed by atoms with van der Waals surface area (Å²) < 4.78 is 48.8. The third kappa shape index (κ3) is 12.5. The van der Waals surface area contributed by atoms with Gasteiger partial charge < -0.3 is 89.0 Å². The number of ether oxygens (including phenoxy) is 8. The first-order chi connectivity index (χ1) is 32.8. The second-order valence-corrected chi connectivity index (χ2v) is 17.9. The predicted molar refractivity (Wildman–Crippen MR) is 241 cm³/mol. The lowest BCUT2D eigenvalue weighted by molar-refractivity contribution is -0.318. The maximum Gasteiger partial charge on any atom is 0.186 e. The van der Waals surface area contributed by atoms with Crippen molar-refractivity contribution in [3.63, 3.8) is 0 Å². The van der Waals surface area contributed by atoms with Gasteiger partial charge in [0.15, 0.2) is 35.6 Å². The zero-order valence-electron chi connectivity index (χ0n) is 38.0. The van der Waals surface area contributed by atoms with Gasteiger partial charge in [-0.15, -0.1) is 0 Å². The summed E-state index contributed by atoms with van der Waals surface area (Å²) in [6.45, 7) is -1.76. The van der Waals surface area contributed by atoms with Gasteiger partial charge >= 0.3 is 0 Å². The molecule has 0 aromatic heterocycles. The van der Waals surface area contributed by atoms with Crippen molar-refractivity contribution in [2.45, 2.75) is 87.1 Å². The van der Waals surface area contributed by atoms with E-state index >= 15 is 0 Å². The Balaban J connectivity index is 1.29. The second-order valence-electron chi connectivity index (χ2n) is 17.9. The molecule has 4 aromatic carbocycles. The molecule has 0 spiro atoms. The molecule has 10 N–H and O–H groups in total. The van der Waals surface area contributed by atoms with Gasteiger partial charge in [-0.05, 0) is 120 Å². The molecule has 3 aliphatic heterocycles. The number of aromatic hydroxyl groups is 4. The van der Waals surface area contributed by atoms with E-state index < -0.39 is 98.3 Å². The molecule has 3 aliphatic rings. The van der Waals surface area contributed by atoms with E-state index in [2.05, 4.69) is 0 Å². The van der Waals surface area contributed by atoms with E-state index in [0.717, 1.165) is 22.3 Å². The number of aliphatic hydroxyl groups is 6. The van der Waals surface area contributed by atoms with Gasteiger partial charge in [0.2, 0.25) is 0 Å². The Morgan fingerprint density at radius 2 is 0.765 bits per heavy atom. The zero-order valence-corrected chi connectivity index (χ0v) is 38.0. The third-order valence-corrected chi connectivity index (χ3v) is 13.3. The molecule has 0 saturated carbocycles. The van der Waals surface area contributed by atoms with Gasteiger partial charge in [-0.2, -0.15) is 0 Å². The van der Waals surface area contributed by atoms with Crippen LogP contribution < -0.4 is 9.47 Å². The minimum absolute atomic E-state index is 0.0542. The van der Waals surface area contributed by atoms with Crippen molar-refractivity contribution < 1.29 is 89.0 Å². The van der Waals surface area contributed by atoms with Crippen LogP contribution in [0.3, 0.4) is 0 Å². The van der Waals surface area contributed by atoms with Gasteiger partial charge in [0.25, 0.3) is 0 Å². The van der Waals surface area contributed by atoms with Crippen LogP contribution in [0.1, 0.15) is 22.3 Å². The number of hydrogen-bond donors (Lipinski definition) is 10. The predicted octanol–water partition coefficient (Wildman–Crippen LogP) is 1.96. The summed E-state index contributed by atoms with van der Waals surface area (Å²) in [5.74, 6) is -1.64. The summed E-state index contributed by atoms with van der Waals surface area (Å²) in [6.07, 6.45) is -13.0. The van der Waals surface area contributed by atoms with Crippen molar-refractivity contribution in [3.05, 3.63) is 107 Å². The highest BCUT2D eigenvalue weighted by Crippen LogP contribution is 2.36. The van der Waals surface area contributed by atoms with Crippen LogP contribution in [0.25, 0.3) is 0 Å². The minimum Gasteiger partial charge on any atom is -0.508 e. The lowest BCUT2D eigenvalue weighted by Gasteiger charge is -2.44. The van der Waals surface area contributed by atoms with Crippen molar-refractivity contribution in [1.29, 1.82) is 0 Å². The molecule has 68 heavy (non-hydrogen) atoms. The maximum atomic E-state index is 12.0. The number of fused-ring (bicyclic) bond motifs is 4. The molecule has 18 nitrogen and oxygen atoms in total. The van der Waals surface area contributed by atoms with Crippen LogP contribution in [0.15, 0.2) is 84.9 Å². The summed E-state index contributed by atoms with van der Waals surface area (Å²) >= 11 is 0. The van der Waals surface area contributed by atoms with Crippen LogP contribution in [-0.2, 0) is 54.1 Å². The molecule has 372 valence electrons. The van der Waals surface area contributed by atoms with Crippen LogP contribution in [0, 0.1) is 23.7 Å². The van der Waals surface area contributed by atoms with Crippen LogP contribution >= 0.6 is 0 Å². The normalized spacial score (nSPS) is 31.8. The monoisotopic (exact) mass is 952 g/mol. The fraction of sp³-hybridized carbons (Fsp3) is 0.520. The number of methoxy groups -OCH3 is 2. The molecule has 4 bridgehead atoms. The molecule has 14 atom stereocenters. The first-order valence-electron chi connectivity index (χ1n) is 22.8. The molecule has 3 saturated heterocycles. The highest BCUT2D eigenvalue weighted by Gasteiger charge is 2.49. The maximum absolute atomic E-state index is 12.0. The Morgan fingerprint density at radius 3 is 1.10 bits per heavy atom. The van der Waals surface area contributed by atoms with Crippen molar-refractivity contribution in [1.82, 2.24) is 0 Å². The Hall–Kier alpha value is -4.80. The topological polar surface area (TPSA) is 276 Å². The van der Waals surface area contributed by atoms with Crippen LogP contribution in [0.2, 0.25) is 0 Å². The van der Waals surface area contributed by atoms with Crippen LogP contribution in [0.4, 0.5) is 0 Å². The smallest absolute Gasteiger partial charge is 0.186 e. The second kappa shape index (κ2) is 23.7. The Morgan fingerprint density at radius 1 is 0.441 bits per heavy atom. The van der Waals surface area contributed by atoms with Gasteiger partial charge in [-0.25, -0.2) is 0 Å². The van der Waals surface area contributed by atoms with Crippen LogP contribution in [0.5, 0.6) is 34.5 Å². The molecule has 4 unspecified atom stereocenters. The molecule has 3 fully saturated rings. The van der Waals surface area contributed by atoms with Gasteiger partial charge in [-0.3, -0.25) is 0 Å². The summed E-state index contributed by atoms with van der Waals surface area (Å²) in [4.78, 5) is 0. The Labute approximate surface area is 394 Å². The minimum atomic E-state index is -1.58. The van der Waals surface area contributed by atoms with E-state index in [4.69, 9.17) is 37.9 Å². The molecule has 4 aromatic rings. The zero-order chi connectivity index (χ0) is 48.5. The molecule has 7 rings (SSSR count). The first kappa shape index (κ1) is 51.1. The quantitative estimate of drug-likeness (QED) is 0.0972. The van der Waals surface area contributed by atoms with E-state index in [1.54, 1.807) is 72.8 Å². The highest BCUT2D eigenvalue weighted by molar-refractivity contribution is 5.43. The van der Waals surface area contributed by atoms with Crippen LogP contribution in [-0.4, -0.2) is 166 Å². The average Bonchev–Trinajstić information content (AvgIpc) is 3.33. The number of rotatable bonds is 12. The van der Waals surface area contributed by atoms with Gasteiger partial charge in [0.05, 0.1) is 53.9 Å². The van der Waals surface area contributed by atoms with Crippen molar-refractivity contribution in [2.75, 3.05) is 53.9 Å². The lowest BCUT2D eigenvalue weighted by Crippen LogP contribution is -2.61. The van der Waals surface area contributed by atoms with Crippen molar-refractivity contribution >= 4 is 0 Å². The number of hydrogen-bond acceptors (Lipinski definition) is 18. The van der Waals surface area contributed by atoms with E-state index in [0.29, 0.717) is 12.8 Å². The fourth-order valence-corrected chi connectivity index (χ4v) is 9.30. The largest absolute Gasteiger partial charge is 0.508 e. The van der Waals surface area contributed by atoms with Gasteiger partial charge in [0.1, 0.15) is 60.3 Å². The average molecular weight is 953 g/mol. The number of phenolic OH excluding ortho intramolecular Hbond substituents is 4. The highest BCUT2D eigenvalue weighted by atomic mass is 16.7. The fourth-order valence-electron chi connectivity index (χ4n) is 9.30. The summed E-state index contributed by atoms with van der Waals surface area (Å²) in [5, 5.41) is 109. The summed E-state index contributed by atoms with van der Waals surface area (Å²) in [7, 11) is 2.85. The SMILES string of the molecule is COc1cc(CC2CO[C@@H]3[C@@H](O)[C@H](OCC(Cc4ccc(O)cc4)C(Cc4ccc(O)c(OC)c4)CO[C@@H]4[C@@H](O)[C@H](OCC2Cc2ccc(O)cc2)O[C@H](CO)[C@H]4O)O[C@H](CO)[C@H]3O)ccc1O. The lowest BCUT2D eigenvalue weighted by atomic mass is 9.83. The molecule has 0 aliphatic carbocycles. The Kier molecular flexibility index (Phi) is 17.8. The van der Waals surface area contributed by atoms with E-state index in [-0.39, 0.29) is 73.8 Å². The molecule has 0 amide bonds. The van der Waals surface area contributed by atoms with Crippen molar-refractivity contribution in [3.8, 4) is 34.5 Å². The number of aliphatic hydroxyl groups excluding tert-OH is 6. The summed E-state index contributed by atoms with van der Waals surface area (Å²) in [5.41, 5.74) is 3.03. The molecular weight excluding hydrogens is 889 g/mol. The number of benzene rings is 4. The van der Waals surface area contributed by atoms with Crippen molar-refractivity contribution in [2.24, 2.45) is 23.7 Å². The van der Waals surface area contributed by atoms with E-state index in [1.165, 1.54) is 26.4 Å². The third-order valence-electron chi connectivity index (χ3n) is 13.3. The molecule has 18 heteroatoms. The standard InChI is InChI=1S/C50H64O18/c1-61-39-19-29(7-13-37(39)55)17-33-23-63-47-43(57)41(21-51)68-50(45(47)59)66-26-32(16-28-5-11-36(54)12-6-28)34(18-30-8-14-38(56)40(20-30)62-2)24-64-48-44(58)42(22-52)67-49(46(48)60)65-25-31(33)15-27-3-9-35(53)10-4-27/h3-14,19-20,31-34,41-60H,15-18,21-26H2,1-2H3/t31?,32?,33?,34?,41-,42-,43-,44-,45-,46-,47+,48+,49-,50-/m1/s1. The number of phenols is 4. The molecule has 0 radical (unpaired) electrons. The molecule has 3 heterocycles. The molecular formula is C50H64O18. The summed E-state index contributed by atoms with van der Waals surface area (Å²) in [6, 6.07) is 22.9.